The monoisotopic (exact) mass is 503 g/mol. The normalized spacial score (nSPS) is 14.5. The largest absolute Gasteiger partial charge is 0.379 e. The van der Waals surface area contributed by atoms with E-state index in [1.54, 1.807) is 6.92 Å². The third kappa shape index (κ3) is 7.86. The molecule has 0 aromatic heterocycles. The highest BCUT2D eigenvalue weighted by molar-refractivity contribution is 7.85. The van der Waals surface area contributed by atoms with Gasteiger partial charge in [0.1, 0.15) is 5.69 Å². The van der Waals surface area contributed by atoms with Gasteiger partial charge < -0.3 is 15.0 Å². The lowest BCUT2D eigenvalue weighted by molar-refractivity contribution is -0.394. The van der Waals surface area contributed by atoms with Gasteiger partial charge in [-0.3, -0.25) is 34.1 Å². The van der Waals surface area contributed by atoms with Crippen molar-refractivity contribution in [2.75, 3.05) is 70.2 Å². The van der Waals surface area contributed by atoms with Gasteiger partial charge in [-0.1, -0.05) is 0 Å². The van der Waals surface area contributed by atoms with Gasteiger partial charge in [-0.2, -0.15) is 8.42 Å². The third-order valence-electron chi connectivity index (χ3n) is 5.16. The number of likely N-dealkylation sites (N-methyl/N-ethyl adjacent to an activating group) is 1. The maximum atomic E-state index is 12.9. The van der Waals surface area contributed by atoms with Crippen molar-refractivity contribution in [1.82, 2.24) is 10.2 Å². The fraction of sp³-hybridized carbons (Fsp3) is 0.632. The Morgan fingerprint density at radius 2 is 1.91 bits per heavy atom. The predicted molar refractivity (Wildman–Crippen MR) is 123 cm³/mol. The summed E-state index contributed by atoms with van der Waals surface area (Å²) < 4.78 is 32.4. The van der Waals surface area contributed by atoms with Gasteiger partial charge in [-0.25, -0.2) is 0 Å². The number of rotatable bonds is 13. The minimum Gasteiger partial charge on any atom is -0.379 e. The summed E-state index contributed by atoms with van der Waals surface area (Å²) in [5.74, 6) is -0.925. The SMILES string of the molecule is CCN(CCOS(C)(=O)=O)c1ccc([N+](=O)[O-])c(C(=O)NCCCN2CCOCC2)c1[N+](=O)[O-]. The van der Waals surface area contributed by atoms with E-state index < -0.39 is 42.8 Å². The molecule has 34 heavy (non-hydrogen) atoms. The lowest BCUT2D eigenvalue weighted by atomic mass is 10.1. The number of morpholine rings is 1. The molecule has 1 heterocycles. The highest BCUT2D eigenvalue weighted by atomic mass is 32.2. The Hall–Kier alpha value is -2.88. The van der Waals surface area contributed by atoms with Gasteiger partial charge in [0.25, 0.3) is 21.7 Å². The maximum Gasteiger partial charge on any atom is 0.312 e. The van der Waals surface area contributed by atoms with Crippen LogP contribution in [0.1, 0.15) is 23.7 Å². The zero-order valence-electron chi connectivity index (χ0n) is 19.1. The van der Waals surface area contributed by atoms with Crippen molar-refractivity contribution in [2.45, 2.75) is 13.3 Å². The van der Waals surface area contributed by atoms with Crippen molar-refractivity contribution in [1.29, 1.82) is 0 Å². The number of benzene rings is 1. The van der Waals surface area contributed by atoms with Crippen LogP contribution in [0.3, 0.4) is 0 Å². The van der Waals surface area contributed by atoms with Gasteiger partial charge in [-0.05, 0) is 26.0 Å². The van der Waals surface area contributed by atoms with Crippen LogP contribution >= 0.6 is 0 Å². The number of carbonyl (C=O) groups excluding carboxylic acids is 1. The Morgan fingerprint density at radius 3 is 2.47 bits per heavy atom. The van der Waals surface area contributed by atoms with Crippen molar-refractivity contribution < 1.29 is 32.0 Å². The van der Waals surface area contributed by atoms with E-state index in [0.717, 1.165) is 25.4 Å². The summed E-state index contributed by atoms with van der Waals surface area (Å²) in [5.41, 5.74) is -2.11. The molecule has 1 saturated heterocycles. The summed E-state index contributed by atoms with van der Waals surface area (Å²) in [4.78, 5) is 38.3. The van der Waals surface area contributed by atoms with E-state index in [-0.39, 0.29) is 31.9 Å². The number of nitrogens with zero attached hydrogens (tertiary/aromatic N) is 4. The van der Waals surface area contributed by atoms with Crippen LogP contribution in [0, 0.1) is 20.2 Å². The number of carbonyl (C=O) groups is 1. The Labute approximate surface area is 197 Å². The summed E-state index contributed by atoms with van der Waals surface area (Å²) in [7, 11) is -3.72. The van der Waals surface area contributed by atoms with Crippen molar-refractivity contribution in [3.8, 4) is 0 Å². The summed E-state index contributed by atoms with van der Waals surface area (Å²) in [6, 6.07) is 2.21. The number of amides is 1. The number of nitro benzene ring substituents is 2. The van der Waals surface area contributed by atoms with Gasteiger partial charge in [-0.15, -0.1) is 0 Å². The van der Waals surface area contributed by atoms with Gasteiger partial charge in [0, 0.05) is 38.8 Å². The molecule has 0 unspecified atom stereocenters. The zero-order valence-corrected chi connectivity index (χ0v) is 19.9. The quantitative estimate of drug-likeness (QED) is 0.174. The lowest BCUT2D eigenvalue weighted by Crippen LogP contribution is -2.38. The molecule has 0 bridgehead atoms. The topological polar surface area (TPSA) is 174 Å². The van der Waals surface area contributed by atoms with Gasteiger partial charge in [0.05, 0.1) is 35.9 Å². The molecule has 1 fully saturated rings. The summed E-state index contributed by atoms with van der Waals surface area (Å²) in [5, 5.41) is 26.0. The Morgan fingerprint density at radius 1 is 1.24 bits per heavy atom. The molecular weight excluding hydrogens is 474 g/mol. The molecule has 14 nitrogen and oxygen atoms in total. The van der Waals surface area contributed by atoms with Crippen molar-refractivity contribution in [3.05, 3.63) is 37.9 Å². The molecule has 1 aliphatic heterocycles. The van der Waals surface area contributed by atoms with Gasteiger partial charge in [0.2, 0.25) is 0 Å². The molecule has 0 saturated carbocycles. The smallest absolute Gasteiger partial charge is 0.312 e. The van der Waals surface area contributed by atoms with Gasteiger partial charge in [0.15, 0.2) is 5.56 Å². The van der Waals surface area contributed by atoms with Crippen LogP contribution in [0.25, 0.3) is 0 Å². The number of nitro groups is 2. The molecule has 1 N–H and O–H groups in total. The van der Waals surface area contributed by atoms with E-state index in [1.165, 1.54) is 11.0 Å². The van der Waals surface area contributed by atoms with Crippen LogP contribution in [-0.2, 0) is 19.0 Å². The summed E-state index contributed by atoms with van der Waals surface area (Å²) in [6.07, 6.45) is 1.43. The molecule has 1 amide bonds. The lowest BCUT2D eigenvalue weighted by Gasteiger charge is -2.26. The molecular formula is C19H29N5O9S. The average Bonchev–Trinajstić information content (AvgIpc) is 2.78. The fourth-order valence-corrected chi connectivity index (χ4v) is 3.93. The van der Waals surface area contributed by atoms with Crippen LogP contribution in [0.15, 0.2) is 12.1 Å². The number of hydrogen-bond acceptors (Lipinski definition) is 11. The van der Waals surface area contributed by atoms with E-state index in [9.17, 15) is 33.4 Å². The second-order valence-electron chi connectivity index (χ2n) is 7.51. The molecule has 0 radical (unpaired) electrons. The Kier molecular flexibility index (Phi) is 10.1. The van der Waals surface area contributed by atoms with Crippen LogP contribution in [0.2, 0.25) is 0 Å². The maximum absolute atomic E-state index is 12.9. The molecule has 15 heteroatoms. The zero-order chi connectivity index (χ0) is 25.3. The Bertz CT molecular complexity index is 996. The van der Waals surface area contributed by atoms with Crippen molar-refractivity contribution >= 4 is 33.1 Å². The third-order valence-corrected chi connectivity index (χ3v) is 5.76. The molecule has 0 aliphatic carbocycles. The molecule has 1 aromatic carbocycles. The number of anilines is 1. The highest BCUT2D eigenvalue weighted by Crippen LogP contribution is 2.37. The van der Waals surface area contributed by atoms with E-state index in [1.807, 2.05) is 0 Å². The average molecular weight is 504 g/mol. The fourth-order valence-electron chi connectivity index (χ4n) is 3.55. The summed E-state index contributed by atoms with van der Waals surface area (Å²) in [6.45, 7) is 5.16. The molecule has 1 aromatic rings. The second-order valence-corrected chi connectivity index (χ2v) is 9.15. The minimum absolute atomic E-state index is 0.0475. The van der Waals surface area contributed by atoms with Crippen molar-refractivity contribution in [2.24, 2.45) is 0 Å². The first-order chi connectivity index (χ1) is 16.0. The predicted octanol–water partition coefficient (Wildman–Crippen LogP) is 0.758. The second kappa shape index (κ2) is 12.5. The van der Waals surface area contributed by atoms with E-state index >= 15 is 0 Å². The van der Waals surface area contributed by atoms with Crippen LogP contribution in [0.5, 0.6) is 0 Å². The number of nitrogens with one attached hydrogen (secondary N) is 1. The van der Waals surface area contributed by atoms with E-state index in [2.05, 4.69) is 10.2 Å². The molecule has 1 aliphatic rings. The highest BCUT2D eigenvalue weighted by Gasteiger charge is 2.35. The standard InChI is InChI=1S/C19H29N5O9S/c1-3-22(11-14-33-34(2,30)31)16-6-5-15(23(26)27)17(18(16)24(28)29)19(25)20-7-4-8-21-9-12-32-13-10-21/h5-6H,3-4,7-14H2,1-2H3,(H,20,25). The molecule has 0 atom stereocenters. The van der Waals surface area contributed by atoms with Crippen molar-refractivity contribution in [3.63, 3.8) is 0 Å². The minimum atomic E-state index is -3.72. The molecule has 2 rings (SSSR count). The van der Waals surface area contributed by atoms with Crippen LogP contribution < -0.4 is 10.2 Å². The molecule has 0 spiro atoms. The number of ether oxygens (including phenoxy) is 1. The van der Waals surface area contributed by atoms with E-state index in [4.69, 9.17) is 8.92 Å². The Balaban J connectivity index is 2.26. The first-order valence-electron chi connectivity index (χ1n) is 10.7. The first-order valence-corrected chi connectivity index (χ1v) is 12.5. The van der Waals surface area contributed by atoms with Crippen LogP contribution in [-0.4, -0.2) is 94.4 Å². The van der Waals surface area contributed by atoms with E-state index in [0.29, 0.717) is 26.2 Å². The first kappa shape index (κ1) is 27.4. The molecule has 190 valence electrons. The number of hydrogen-bond donors (Lipinski definition) is 1. The summed E-state index contributed by atoms with van der Waals surface area (Å²) >= 11 is 0. The van der Waals surface area contributed by atoms with Crippen LogP contribution in [0.4, 0.5) is 17.1 Å². The van der Waals surface area contributed by atoms with Gasteiger partial charge >= 0.3 is 5.69 Å².